The molecule has 1 heterocycles. The molecule has 5 heteroatoms. The largest absolute Gasteiger partial charge is 0.441 e. The van der Waals surface area contributed by atoms with E-state index in [1.54, 1.807) is 12.0 Å². The molecule has 0 unspecified atom stereocenters. The quantitative estimate of drug-likeness (QED) is 0.926. The van der Waals surface area contributed by atoms with E-state index in [2.05, 4.69) is 12.1 Å². The number of hydrogen-bond donors (Lipinski definition) is 1. The predicted octanol–water partition coefficient (Wildman–Crippen LogP) is 3.07. The van der Waals surface area contributed by atoms with E-state index in [0.29, 0.717) is 19.1 Å². The molecule has 1 atom stereocenters. The van der Waals surface area contributed by atoms with Gasteiger partial charge in [-0.25, -0.2) is 4.79 Å². The molecule has 0 aromatic heterocycles. The van der Waals surface area contributed by atoms with Gasteiger partial charge in [0.1, 0.15) is 6.10 Å². The van der Waals surface area contributed by atoms with Crippen molar-refractivity contribution in [2.45, 2.75) is 50.2 Å². The van der Waals surface area contributed by atoms with Crippen LogP contribution in [0.4, 0.5) is 10.5 Å². The van der Waals surface area contributed by atoms with Crippen molar-refractivity contribution in [1.82, 2.24) is 0 Å². The van der Waals surface area contributed by atoms with Gasteiger partial charge in [-0.15, -0.1) is 0 Å². The molecule has 2 aliphatic rings. The summed E-state index contributed by atoms with van der Waals surface area (Å²) in [5, 5.41) is 10.1. The molecule has 0 radical (unpaired) electrons. The number of carbonyl (C=O) groups is 1. The molecular weight excluding hydrogens is 294 g/mol. The van der Waals surface area contributed by atoms with Gasteiger partial charge in [-0.1, -0.05) is 12.1 Å². The summed E-state index contributed by atoms with van der Waals surface area (Å²) in [5.41, 5.74) is 1.64. The Kier molecular flexibility index (Phi) is 4.60. The summed E-state index contributed by atoms with van der Waals surface area (Å²) >= 11 is 0. The van der Waals surface area contributed by atoms with E-state index < -0.39 is 5.60 Å². The number of aliphatic hydroxyl groups is 1. The number of amides is 1. The number of carbonyl (C=O) groups excluding carboxylic acids is 1. The van der Waals surface area contributed by atoms with Gasteiger partial charge in [0.15, 0.2) is 0 Å². The number of nitrogens with zero attached hydrogens (tertiary/aromatic N) is 1. The van der Waals surface area contributed by atoms with E-state index in [9.17, 15) is 9.90 Å². The van der Waals surface area contributed by atoms with Crippen molar-refractivity contribution in [2.75, 3.05) is 25.2 Å². The van der Waals surface area contributed by atoms with Gasteiger partial charge >= 0.3 is 6.09 Å². The lowest BCUT2D eigenvalue weighted by molar-refractivity contribution is 0.0172. The first-order chi connectivity index (χ1) is 11.0. The maximum absolute atomic E-state index is 11.9. The van der Waals surface area contributed by atoms with Crippen LogP contribution in [-0.2, 0) is 9.47 Å². The van der Waals surface area contributed by atoms with Crippen LogP contribution in [-0.4, -0.2) is 43.2 Å². The summed E-state index contributed by atoms with van der Waals surface area (Å²) in [6, 6.07) is 8.16. The van der Waals surface area contributed by atoms with Crippen LogP contribution in [0.25, 0.3) is 0 Å². The maximum atomic E-state index is 11.9. The summed E-state index contributed by atoms with van der Waals surface area (Å²) in [6.45, 7) is 2.86. The highest BCUT2D eigenvalue weighted by Crippen LogP contribution is 2.38. The molecule has 3 rings (SSSR count). The zero-order valence-electron chi connectivity index (χ0n) is 13.8. The highest BCUT2D eigenvalue weighted by atomic mass is 16.6. The number of cyclic esters (lactones) is 1. The Morgan fingerprint density at radius 3 is 2.57 bits per heavy atom. The number of anilines is 1. The smallest absolute Gasteiger partial charge is 0.414 e. The molecule has 0 bridgehead atoms. The summed E-state index contributed by atoms with van der Waals surface area (Å²) in [7, 11) is 1.60. The van der Waals surface area contributed by atoms with Crippen molar-refractivity contribution in [1.29, 1.82) is 0 Å². The minimum Gasteiger partial charge on any atom is -0.441 e. The molecule has 1 amide bonds. The second-order valence-corrected chi connectivity index (χ2v) is 6.93. The minimum atomic E-state index is -0.508. The summed E-state index contributed by atoms with van der Waals surface area (Å²) in [4.78, 5) is 13.6. The molecular formula is C18H25NO4. The predicted molar refractivity (Wildman–Crippen MR) is 87.8 cm³/mol. The first-order valence-corrected chi connectivity index (χ1v) is 8.28. The standard InChI is InChI=1S/C18H25NO4/c1-18(21)9-7-14(8-10-18)13-3-5-15(6-4-13)19-11-16(12-22-2)23-17(19)20/h3-6,14,16,21H,7-12H2,1-2H3/t14-,16-,18+/m1/s1. The van der Waals surface area contributed by atoms with E-state index in [0.717, 1.165) is 31.4 Å². The summed E-state index contributed by atoms with van der Waals surface area (Å²) in [6.07, 6.45) is 3.19. The van der Waals surface area contributed by atoms with Crippen LogP contribution in [0.3, 0.4) is 0 Å². The molecule has 1 saturated heterocycles. The minimum absolute atomic E-state index is 0.201. The van der Waals surface area contributed by atoms with Crippen LogP contribution in [0.15, 0.2) is 24.3 Å². The van der Waals surface area contributed by atoms with Crippen LogP contribution in [0, 0.1) is 0 Å². The fourth-order valence-corrected chi connectivity index (χ4v) is 3.50. The van der Waals surface area contributed by atoms with Crippen molar-refractivity contribution in [3.8, 4) is 0 Å². The Bertz CT molecular complexity index is 545. The van der Waals surface area contributed by atoms with Gasteiger partial charge in [0, 0.05) is 12.8 Å². The zero-order chi connectivity index (χ0) is 16.4. The van der Waals surface area contributed by atoms with Crippen LogP contribution < -0.4 is 4.90 Å². The van der Waals surface area contributed by atoms with Gasteiger partial charge in [-0.2, -0.15) is 0 Å². The zero-order valence-corrected chi connectivity index (χ0v) is 13.8. The third kappa shape index (κ3) is 3.67. The highest BCUT2D eigenvalue weighted by molar-refractivity contribution is 5.89. The molecule has 23 heavy (non-hydrogen) atoms. The second kappa shape index (κ2) is 6.49. The average Bonchev–Trinajstić information content (AvgIpc) is 2.89. The van der Waals surface area contributed by atoms with Crippen LogP contribution in [0.5, 0.6) is 0 Å². The van der Waals surface area contributed by atoms with E-state index in [1.807, 2.05) is 19.1 Å². The van der Waals surface area contributed by atoms with Gasteiger partial charge in [0.05, 0.1) is 18.8 Å². The Balaban J connectivity index is 1.65. The lowest BCUT2D eigenvalue weighted by atomic mass is 9.77. The fraction of sp³-hybridized carbons (Fsp3) is 0.611. The van der Waals surface area contributed by atoms with Gasteiger partial charge in [0.2, 0.25) is 0 Å². The number of hydrogen-bond acceptors (Lipinski definition) is 4. The van der Waals surface area contributed by atoms with Crippen LogP contribution >= 0.6 is 0 Å². The van der Waals surface area contributed by atoms with E-state index in [-0.39, 0.29) is 12.2 Å². The van der Waals surface area contributed by atoms with Crippen molar-refractivity contribution < 1.29 is 19.4 Å². The molecule has 5 nitrogen and oxygen atoms in total. The Labute approximate surface area is 137 Å². The highest BCUT2D eigenvalue weighted by Gasteiger charge is 2.33. The van der Waals surface area contributed by atoms with Crippen molar-refractivity contribution in [2.24, 2.45) is 0 Å². The fourth-order valence-electron chi connectivity index (χ4n) is 3.50. The number of rotatable bonds is 4. The third-order valence-corrected chi connectivity index (χ3v) is 4.97. The second-order valence-electron chi connectivity index (χ2n) is 6.93. The topological polar surface area (TPSA) is 59.0 Å². The Morgan fingerprint density at radius 1 is 1.30 bits per heavy atom. The van der Waals surface area contributed by atoms with E-state index >= 15 is 0 Å². The maximum Gasteiger partial charge on any atom is 0.414 e. The first-order valence-electron chi connectivity index (χ1n) is 8.28. The summed E-state index contributed by atoms with van der Waals surface area (Å²) < 4.78 is 10.3. The molecule has 1 saturated carbocycles. The van der Waals surface area contributed by atoms with E-state index in [1.165, 1.54) is 5.56 Å². The normalized spacial score (nSPS) is 31.3. The SMILES string of the molecule is COC[C@H]1CN(c2ccc([C@H]3CC[C@@](C)(O)CC3)cc2)C(=O)O1. The first kappa shape index (κ1) is 16.3. The van der Waals surface area contributed by atoms with Gasteiger partial charge in [-0.3, -0.25) is 4.90 Å². The van der Waals surface area contributed by atoms with Crippen molar-refractivity contribution in [3.05, 3.63) is 29.8 Å². The van der Waals surface area contributed by atoms with Crippen molar-refractivity contribution >= 4 is 11.8 Å². The Hall–Kier alpha value is -1.59. The molecule has 1 aliphatic heterocycles. The average molecular weight is 319 g/mol. The van der Waals surface area contributed by atoms with Crippen LogP contribution in [0.2, 0.25) is 0 Å². The number of methoxy groups -OCH3 is 1. The van der Waals surface area contributed by atoms with Gasteiger partial charge in [-0.05, 0) is 56.2 Å². The van der Waals surface area contributed by atoms with Crippen LogP contribution in [0.1, 0.15) is 44.1 Å². The molecule has 1 aliphatic carbocycles. The Morgan fingerprint density at radius 2 is 1.96 bits per heavy atom. The molecule has 1 aromatic rings. The third-order valence-electron chi connectivity index (χ3n) is 4.97. The lowest BCUT2D eigenvalue weighted by Gasteiger charge is -2.33. The summed E-state index contributed by atoms with van der Waals surface area (Å²) in [5.74, 6) is 0.496. The molecule has 126 valence electrons. The number of benzene rings is 1. The van der Waals surface area contributed by atoms with Gasteiger partial charge < -0.3 is 14.6 Å². The van der Waals surface area contributed by atoms with Crippen molar-refractivity contribution in [3.63, 3.8) is 0 Å². The molecule has 1 N–H and O–H groups in total. The molecule has 1 aromatic carbocycles. The van der Waals surface area contributed by atoms with Gasteiger partial charge in [0.25, 0.3) is 0 Å². The monoisotopic (exact) mass is 319 g/mol. The van der Waals surface area contributed by atoms with E-state index in [4.69, 9.17) is 9.47 Å². The number of ether oxygens (including phenoxy) is 2. The lowest BCUT2D eigenvalue weighted by Crippen LogP contribution is -2.29. The molecule has 0 spiro atoms. The molecule has 2 fully saturated rings.